The van der Waals surface area contributed by atoms with Crippen molar-refractivity contribution in [3.8, 4) is 0 Å². The molecule has 0 amide bonds. The van der Waals surface area contributed by atoms with Gasteiger partial charge in [0, 0.05) is 22.9 Å². The summed E-state index contributed by atoms with van der Waals surface area (Å²) in [6.45, 7) is 1.72. The van der Waals surface area contributed by atoms with Gasteiger partial charge in [-0.15, -0.1) is 0 Å². The first-order chi connectivity index (χ1) is 9.01. The molecule has 6 heteroatoms. The van der Waals surface area contributed by atoms with Crippen LogP contribution in [0, 0.1) is 0 Å². The fourth-order valence-electron chi connectivity index (χ4n) is 1.54. The first kappa shape index (κ1) is 15.8. The topological polar surface area (TPSA) is 43.4 Å². The maximum Gasteiger partial charge on any atom is 0.338 e. The molecule has 19 heavy (non-hydrogen) atoms. The van der Waals surface area contributed by atoms with Crippen LogP contribution in [-0.2, 0) is 4.74 Å². The number of Topliss-reactive ketones (excluding diaryl/α,β-unsaturated/α-hetero) is 1. The summed E-state index contributed by atoms with van der Waals surface area (Å²) in [7, 11) is 0. The van der Waals surface area contributed by atoms with E-state index in [2.05, 4.69) is 15.9 Å². The molecule has 0 saturated carbocycles. The molecule has 0 radical (unpaired) electrons. The van der Waals surface area contributed by atoms with E-state index in [9.17, 15) is 18.4 Å². The number of carbonyl (C=O) groups excluding carboxylic acids is 2. The number of rotatable bonds is 6. The van der Waals surface area contributed by atoms with E-state index in [1.165, 1.54) is 6.07 Å². The lowest BCUT2D eigenvalue weighted by Crippen LogP contribution is -2.13. The van der Waals surface area contributed by atoms with Crippen LogP contribution in [0.25, 0.3) is 0 Å². The third-order valence-corrected chi connectivity index (χ3v) is 2.81. The largest absolute Gasteiger partial charge is 0.462 e. The zero-order valence-electron chi connectivity index (χ0n) is 10.3. The van der Waals surface area contributed by atoms with E-state index < -0.39 is 12.4 Å². The van der Waals surface area contributed by atoms with Gasteiger partial charge >= 0.3 is 5.97 Å². The van der Waals surface area contributed by atoms with Crippen molar-refractivity contribution in [3.05, 3.63) is 34.9 Å². The molecule has 0 spiro atoms. The number of halogens is 3. The predicted molar refractivity (Wildman–Crippen MR) is 70.1 cm³/mol. The zero-order valence-corrected chi connectivity index (χ0v) is 11.9. The molecule has 0 aliphatic heterocycles. The lowest BCUT2D eigenvalue weighted by molar-refractivity contribution is 0.0522. The average Bonchev–Trinajstić information content (AvgIpc) is 2.38. The van der Waals surface area contributed by atoms with Gasteiger partial charge in [-0.25, -0.2) is 13.6 Å². The van der Waals surface area contributed by atoms with Crippen LogP contribution >= 0.6 is 15.9 Å². The van der Waals surface area contributed by atoms with Gasteiger partial charge < -0.3 is 4.74 Å². The SMILES string of the molecule is CCOC(=O)c1cc(C(F)F)ccc1C(=O)CCBr. The van der Waals surface area contributed by atoms with Crippen molar-refractivity contribution in [2.24, 2.45) is 0 Å². The number of ketones is 1. The molecule has 0 atom stereocenters. The fraction of sp³-hybridized carbons (Fsp3) is 0.385. The van der Waals surface area contributed by atoms with E-state index >= 15 is 0 Å². The van der Waals surface area contributed by atoms with Gasteiger partial charge in [-0.3, -0.25) is 4.79 Å². The molecule has 1 aromatic rings. The van der Waals surface area contributed by atoms with E-state index in [0.717, 1.165) is 12.1 Å². The minimum Gasteiger partial charge on any atom is -0.462 e. The van der Waals surface area contributed by atoms with Crippen molar-refractivity contribution in [1.82, 2.24) is 0 Å². The number of hydrogen-bond donors (Lipinski definition) is 0. The number of ether oxygens (including phenoxy) is 1. The first-order valence-electron chi connectivity index (χ1n) is 5.69. The Balaban J connectivity index is 3.22. The first-order valence-corrected chi connectivity index (χ1v) is 6.81. The summed E-state index contributed by atoms with van der Waals surface area (Å²) in [5.74, 6) is -1.05. The Morgan fingerprint density at radius 1 is 1.32 bits per heavy atom. The molecule has 0 aliphatic rings. The van der Waals surface area contributed by atoms with Crippen molar-refractivity contribution >= 4 is 27.7 Å². The predicted octanol–water partition coefficient (Wildman–Crippen LogP) is 3.77. The molecule has 1 rings (SSSR count). The quantitative estimate of drug-likeness (QED) is 0.452. The highest BCUT2D eigenvalue weighted by Gasteiger charge is 2.20. The molecule has 104 valence electrons. The number of alkyl halides is 3. The second-order valence-corrected chi connectivity index (χ2v) is 4.48. The van der Waals surface area contributed by atoms with E-state index in [0.29, 0.717) is 5.33 Å². The Morgan fingerprint density at radius 2 is 2.00 bits per heavy atom. The Kier molecular flexibility index (Phi) is 6.08. The van der Waals surface area contributed by atoms with Crippen molar-refractivity contribution in [1.29, 1.82) is 0 Å². The molecule has 1 aromatic carbocycles. The van der Waals surface area contributed by atoms with Gasteiger partial charge in [0.05, 0.1) is 12.2 Å². The van der Waals surface area contributed by atoms with Crippen LogP contribution in [0.15, 0.2) is 18.2 Å². The molecule has 0 bridgehead atoms. The van der Waals surface area contributed by atoms with Crippen molar-refractivity contribution in [3.63, 3.8) is 0 Å². The lowest BCUT2D eigenvalue weighted by atomic mass is 9.99. The summed E-state index contributed by atoms with van der Waals surface area (Å²) in [5, 5.41) is 0.435. The molecular formula is C13H13BrF2O3. The van der Waals surface area contributed by atoms with Crippen LogP contribution in [0.1, 0.15) is 46.0 Å². The summed E-state index contributed by atoms with van der Waals surface area (Å²) >= 11 is 3.12. The van der Waals surface area contributed by atoms with E-state index in [1.807, 2.05) is 0 Å². The molecule has 3 nitrogen and oxygen atoms in total. The molecule has 0 heterocycles. The summed E-state index contributed by atoms with van der Waals surface area (Å²) in [4.78, 5) is 23.5. The third kappa shape index (κ3) is 4.09. The Bertz CT molecular complexity index is 475. The minimum absolute atomic E-state index is 0.106. The highest BCUT2D eigenvalue weighted by molar-refractivity contribution is 9.09. The lowest BCUT2D eigenvalue weighted by Gasteiger charge is -2.10. The second kappa shape index (κ2) is 7.33. The summed E-state index contributed by atoms with van der Waals surface area (Å²) in [5.41, 5.74) is -0.300. The third-order valence-electron chi connectivity index (χ3n) is 2.41. The summed E-state index contributed by atoms with van der Waals surface area (Å²) in [6.07, 6.45) is -2.52. The average molecular weight is 335 g/mol. The molecule has 0 unspecified atom stereocenters. The van der Waals surface area contributed by atoms with Gasteiger partial charge in [0.1, 0.15) is 0 Å². The highest BCUT2D eigenvalue weighted by atomic mass is 79.9. The van der Waals surface area contributed by atoms with Crippen LogP contribution in [0.5, 0.6) is 0 Å². The van der Waals surface area contributed by atoms with E-state index in [4.69, 9.17) is 4.74 Å². The summed E-state index contributed by atoms with van der Waals surface area (Å²) in [6, 6.07) is 3.41. The van der Waals surface area contributed by atoms with Crippen molar-refractivity contribution < 1.29 is 23.1 Å². The molecule has 0 aliphatic carbocycles. The van der Waals surface area contributed by atoms with Crippen LogP contribution in [-0.4, -0.2) is 23.7 Å². The van der Waals surface area contributed by atoms with Crippen LogP contribution < -0.4 is 0 Å². The Labute approximate surface area is 118 Å². The smallest absolute Gasteiger partial charge is 0.338 e. The van der Waals surface area contributed by atoms with Gasteiger partial charge in [-0.1, -0.05) is 28.1 Å². The van der Waals surface area contributed by atoms with Gasteiger partial charge in [0.2, 0.25) is 0 Å². The number of esters is 1. The van der Waals surface area contributed by atoms with Crippen LogP contribution in [0.3, 0.4) is 0 Å². The standard InChI is InChI=1S/C13H13BrF2O3/c1-2-19-13(18)10-7-8(12(15)16)3-4-9(10)11(17)5-6-14/h3-4,7,12H,2,5-6H2,1H3. The number of hydrogen-bond acceptors (Lipinski definition) is 3. The van der Waals surface area contributed by atoms with Crippen LogP contribution in [0.4, 0.5) is 8.78 Å². The van der Waals surface area contributed by atoms with Crippen molar-refractivity contribution in [2.45, 2.75) is 19.8 Å². The molecular weight excluding hydrogens is 322 g/mol. The molecule has 0 saturated heterocycles. The van der Waals surface area contributed by atoms with Gasteiger partial charge in [0.15, 0.2) is 5.78 Å². The highest BCUT2D eigenvalue weighted by Crippen LogP contribution is 2.23. The second-order valence-electron chi connectivity index (χ2n) is 3.69. The molecule has 0 N–H and O–H groups in total. The Morgan fingerprint density at radius 3 is 2.53 bits per heavy atom. The minimum atomic E-state index is -2.70. The molecule has 0 aromatic heterocycles. The maximum atomic E-state index is 12.6. The normalized spacial score (nSPS) is 10.6. The van der Waals surface area contributed by atoms with E-state index in [-0.39, 0.29) is 35.5 Å². The maximum absolute atomic E-state index is 12.6. The Hall–Kier alpha value is -1.30. The monoisotopic (exact) mass is 334 g/mol. The van der Waals surface area contributed by atoms with Gasteiger partial charge in [-0.2, -0.15) is 0 Å². The van der Waals surface area contributed by atoms with Gasteiger partial charge in [-0.05, 0) is 13.0 Å². The number of benzene rings is 1. The van der Waals surface area contributed by atoms with Crippen molar-refractivity contribution in [2.75, 3.05) is 11.9 Å². The van der Waals surface area contributed by atoms with Gasteiger partial charge in [0.25, 0.3) is 6.43 Å². The zero-order chi connectivity index (χ0) is 14.4. The fourth-order valence-corrected chi connectivity index (χ4v) is 1.90. The number of carbonyl (C=O) groups is 2. The molecule has 0 fully saturated rings. The summed E-state index contributed by atoms with van der Waals surface area (Å²) < 4.78 is 30.0. The van der Waals surface area contributed by atoms with E-state index in [1.54, 1.807) is 6.92 Å². The van der Waals surface area contributed by atoms with Crippen LogP contribution in [0.2, 0.25) is 0 Å².